The van der Waals surface area contributed by atoms with Crippen molar-refractivity contribution in [2.24, 2.45) is 0 Å². The normalized spacial score (nSPS) is 18.3. The molecule has 3 aromatic rings. The van der Waals surface area contributed by atoms with Crippen LogP contribution in [0.4, 0.5) is 14.7 Å². The van der Waals surface area contributed by atoms with Crippen molar-refractivity contribution in [2.75, 3.05) is 4.90 Å². The zero-order chi connectivity index (χ0) is 20.5. The van der Waals surface area contributed by atoms with E-state index in [4.69, 9.17) is 0 Å². The van der Waals surface area contributed by atoms with E-state index in [9.17, 15) is 23.5 Å². The second-order valence-corrected chi connectivity index (χ2v) is 6.25. The zero-order valence-corrected chi connectivity index (χ0v) is 14.8. The molecule has 1 aromatic heterocycles. The molecule has 4 rings (SSSR count). The molecule has 0 aliphatic carbocycles. The lowest BCUT2D eigenvalue weighted by Gasteiger charge is -2.23. The number of halogens is 2. The van der Waals surface area contributed by atoms with Crippen LogP contribution in [0.5, 0.6) is 0 Å². The van der Waals surface area contributed by atoms with E-state index >= 15 is 0 Å². The molecule has 1 N–H and O–H groups in total. The van der Waals surface area contributed by atoms with Crippen LogP contribution in [0.2, 0.25) is 0 Å². The molecule has 0 saturated carbocycles. The van der Waals surface area contributed by atoms with Gasteiger partial charge in [0.25, 0.3) is 5.78 Å². The molecule has 0 bridgehead atoms. The lowest BCUT2D eigenvalue weighted by molar-refractivity contribution is -0.132. The molecule has 6 nitrogen and oxygen atoms in total. The van der Waals surface area contributed by atoms with Crippen molar-refractivity contribution in [3.8, 4) is 0 Å². The average Bonchev–Trinajstić information content (AvgIpc) is 3.00. The number of nitrogens with zero attached hydrogens (tertiary/aromatic N) is 3. The van der Waals surface area contributed by atoms with Crippen molar-refractivity contribution < 1.29 is 23.5 Å². The summed E-state index contributed by atoms with van der Waals surface area (Å²) in [7, 11) is 0. The van der Waals surface area contributed by atoms with Crippen molar-refractivity contribution in [3.63, 3.8) is 0 Å². The number of rotatable bonds is 3. The number of anilines is 1. The summed E-state index contributed by atoms with van der Waals surface area (Å²) in [6.07, 6.45) is 2.75. The van der Waals surface area contributed by atoms with E-state index in [0.717, 1.165) is 17.0 Å². The minimum absolute atomic E-state index is 0.0113. The van der Waals surface area contributed by atoms with Gasteiger partial charge in [-0.1, -0.05) is 18.2 Å². The highest BCUT2D eigenvalue weighted by Crippen LogP contribution is 2.41. The quantitative estimate of drug-likeness (QED) is 0.419. The van der Waals surface area contributed by atoms with Crippen molar-refractivity contribution in [1.29, 1.82) is 0 Å². The number of carbonyl (C=O) groups excluding carboxylic acids is 2. The maximum Gasteiger partial charge on any atom is 0.302 e. The van der Waals surface area contributed by atoms with Crippen LogP contribution in [-0.4, -0.2) is 26.8 Å². The van der Waals surface area contributed by atoms with Crippen LogP contribution >= 0.6 is 0 Å². The van der Waals surface area contributed by atoms with Gasteiger partial charge in [-0.3, -0.25) is 14.5 Å². The fraction of sp³-hybridized carbons (Fsp3) is 0.0476. The lowest BCUT2D eigenvalue weighted by Crippen LogP contribution is -2.31. The first kappa shape index (κ1) is 18.4. The molecule has 0 unspecified atom stereocenters. The molecule has 1 atom stereocenters. The van der Waals surface area contributed by atoms with Crippen LogP contribution < -0.4 is 4.90 Å². The maximum atomic E-state index is 14.6. The second-order valence-electron chi connectivity index (χ2n) is 6.25. The third kappa shape index (κ3) is 3.14. The van der Waals surface area contributed by atoms with Crippen molar-refractivity contribution >= 4 is 23.4 Å². The summed E-state index contributed by atoms with van der Waals surface area (Å²) in [6.45, 7) is 0. The van der Waals surface area contributed by atoms with Crippen LogP contribution in [0.1, 0.15) is 17.2 Å². The molecule has 1 saturated heterocycles. The molecule has 2 aromatic carbocycles. The zero-order valence-electron chi connectivity index (χ0n) is 14.8. The van der Waals surface area contributed by atoms with E-state index < -0.39 is 35.1 Å². The number of aromatic nitrogens is 2. The van der Waals surface area contributed by atoms with Gasteiger partial charge in [0.2, 0.25) is 5.95 Å². The van der Waals surface area contributed by atoms with Crippen LogP contribution in [0.25, 0.3) is 5.76 Å². The van der Waals surface area contributed by atoms with E-state index in [1.807, 2.05) is 0 Å². The predicted octanol–water partition coefficient (Wildman–Crippen LogP) is 3.38. The average molecular weight is 393 g/mol. The van der Waals surface area contributed by atoms with Crippen LogP contribution in [0, 0.1) is 11.6 Å². The van der Waals surface area contributed by atoms with E-state index in [0.29, 0.717) is 0 Å². The molecule has 2 heterocycles. The minimum atomic E-state index is -1.29. The van der Waals surface area contributed by atoms with Gasteiger partial charge in [-0.2, -0.15) is 0 Å². The largest absolute Gasteiger partial charge is 0.507 e. The first-order valence-electron chi connectivity index (χ1n) is 8.57. The monoisotopic (exact) mass is 393 g/mol. The predicted molar refractivity (Wildman–Crippen MR) is 99.6 cm³/mol. The summed E-state index contributed by atoms with van der Waals surface area (Å²) >= 11 is 0. The Morgan fingerprint density at radius 2 is 1.59 bits per heavy atom. The lowest BCUT2D eigenvalue weighted by atomic mass is 9.95. The number of ketones is 1. The van der Waals surface area contributed by atoms with Gasteiger partial charge in [0, 0.05) is 23.5 Å². The smallest absolute Gasteiger partial charge is 0.302 e. The third-order valence-electron chi connectivity index (χ3n) is 4.53. The second kappa shape index (κ2) is 7.23. The Labute approximate surface area is 163 Å². The standard InChI is InChI=1S/C21H13F2N3O3/c22-13-8-6-12(7-9-13)18(27)16-17(14-4-1-2-5-15(14)23)26(20(29)19(16)28)21-24-10-3-11-25-21/h1-11,17,27H/t17-/m1/s1. The van der Waals surface area contributed by atoms with Crippen LogP contribution in [0.15, 0.2) is 72.6 Å². The summed E-state index contributed by atoms with van der Waals surface area (Å²) in [6, 6.07) is 10.5. The summed E-state index contributed by atoms with van der Waals surface area (Å²) in [4.78, 5) is 34.5. The van der Waals surface area contributed by atoms with Gasteiger partial charge in [-0.25, -0.2) is 18.7 Å². The molecule has 144 valence electrons. The number of aliphatic hydroxyl groups excluding tert-OH is 1. The maximum absolute atomic E-state index is 14.6. The van der Waals surface area contributed by atoms with E-state index in [1.165, 1.54) is 48.8 Å². The van der Waals surface area contributed by atoms with Crippen LogP contribution in [0.3, 0.4) is 0 Å². The molecular weight excluding hydrogens is 380 g/mol. The molecule has 0 spiro atoms. The molecule has 0 radical (unpaired) electrons. The van der Waals surface area contributed by atoms with Crippen molar-refractivity contribution in [2.45, 2.75) is 6.04 Å². The van der Waals surface area contributed by atoms with Crippen molar-refractivity contribution in [3.05, 3.63) is 95.3 Å². The number of aliphatic hydroxyl groups is 1. The number of hydrogen-bond donors (Lipinski definition) is 1. The van der Waals surface area contributed by atoms with Gasteiger partial charge < -0.3 is 5.11 Å². The SMILES string of the molecule is O=C1C(=O)N(c2ncccn2)[C@H](c2ccccc2F)C1=C(O)c1ccc(F)cc1. The number of benzene rings is 2. The van der Waals surface area contributed by atoms with E-state index in [1.54, 1.807) is 6.07 Å². The Morgan fingerprint density at radius 3 is 2.24 bits per heavy atom. The highest BCUT2D eigenvalue weighted by molar-refractivity contribution is 6.51. The highest BCUT2D eigenvalue weighted by Gasteiger charge is 2.48. The van der Waals surface area contributed by atoms with Crippen LogP contribution in [-0.2, 0) is 9.59 Å². The van der Waals surface area contributed by atoms with Gasteiger partial charge in [-0.15, -0.1) is 0 Å². The molecule has 1 amide bonds. The number of hydrogen-bond acceptors (Lipinski definition) is 5. The minimum Gasteiger partial charge on any atom is -0.507 e. The molecule has 1 fully saturated rings. The van der Waals surface area contributed by atoms with Gasteiger partial charge in [-0.05, 0) is 36.4 Å². The highest BCUT2D eigenvalue weighted by atomic mass is 19.1. The van der Waals surface area contributed by atoms with E-state index in [2.05, 4.69) is 9.97 Å². The molecular formula is C21H13F2N3O3. The Bertz CT molecular complexity index is 1130. The first-order chi connectivity index (χ1) is 14.0. The fourth-order valence-electron chi connectivity index (χ4n) is 3.21. The molecule has 8 heteroatoms. The topological polar surface area (TPSA) is 83.4 Å². The van der Waals surface area contributed by atoms with Crippen molar-refractivity contribution in [1.82, 2.24) is 9.97 Å². The number of Topliss-reactive ketones (excluding diaryl/α,β-unsaturated/α-hetero) is 1. The number of carbonyl (C=O) groups is 2. The van der Waals surface area contributed by atoms with E-state index in [-0.39, 0.29) is 22.6 Å². The third-order valence-corrected chi connectivity index (χ3v) is 4.53. The van der Waals surface area contributed by atoms with Gasteiger partial charge in [0.1, 0.15) is 23.4 Å². The van der Waals surface area contributed by atoms with Gasteiger partial charge in [0.15, 0.2) is 0 Å². The molecule has 1 aliphatic heterocycles. The van der Waals surface area contributed by atoms with Gasteiger partial charge >= 0.3 is 5.91 Å². The Morgan fingerprint density at radius 1 is 0.931 bits per heavy atom. The summed E-state index contributed by atoms with van der Waals surface area (Å²) in [5.74, 6) is -3.90. The Hall–Kier alpha value is -3.94. The summed E-state index contributed by atoms with van der Waals surface area (Å²) in [5, 5.41) is 10.8. The Balaban J connectivity index is 1.97. The summed E-state index contributed by atoms with van der Waals surface area (Å²) < 4.78 is 27.9. The van der Waals surface area contributed by atoms with Gasteiger partial charge in [0.05, 0.1) is 5.57 Å². The first-order valence-corrected chi connectivity index (χ1v) is 8.57. The number of amides is 1. The molecule has 1 aliphatic rings. The molecule has 29 heavy (non-hydrogen) atoms. The Kier molecular flexibility index (Phi) is 4.59. The summed E-state index contributed by atoms with van der Waals surface area (Å²) in [5.41, 5.74) is -0.235. The fourth-order valence-corrected chi connectivity index (χ4v) is 3.21.